The van der Waals surface area contributed by atoms with Gasteiger partial charge in [0.05, 0.1) is 12.1 Å². The molecule has 0 aliphatic heterocycles. The molecule has 4 nitrogen and oxygen atoms in total. The van der Waals surface area contributed by atoms with Crippen LogP contribution in [0.25, 0.3) is 11.3 Å². The predicted octanol–water partition coefficient (Wildman–Crippen LogP) is 5.47. The number of benzene rings is 3. The number of aromatic nitrogens is 2. The van der Waals surface area contributed by atoms with Gasteiger partial charge in [0.1, 0.15) is 5.69 Å². The van der Waals surface area contributed by atoms with Gasteiger partial charge in [-0.1, -0.05) is 77.9 Å². The number of carbonyl (C=O) groups excluding carboxylic acids is 1. The van der Waals surface area contributed by atoms with Crippen LogP contribution in [0.3, 0.4) is 0 Å². The Morgan fingerprint density at radius 3 is 2.14 bits per heavy atom. The maximum Gasteiger partial charge on any atom is 0.259 e. The van der Waals surface area contributed by atoms with Gasteiger partial charge >= 0.3 is 0 Å². The van der Waals surface area contributed by atoms with Gasteiger partial charge in [0, 0.05) is 17.4 Å². The van der Waals surface area contributed by atoms with Crippen molar-refractivity contribution in [1.29, 1.82) is 0 Å². The van der Waals surface area contributed by atoms with Crippen molar-refractivity contribution < 1.29 is 4.79 Å². The van der Waals surface area contributed by atoms with Gasteiger partial charge in [0.25, 0.3) is 5.91 Å². The largest absolute Gasteiger partial charge is 0.322 e. The van der Waals surface area contributed by atoms with Crippen LogP contribution in [0.2, 0.25) is 0 Å². The zero-order valence-electron chi connectivity index (χ0n) is 16.6. The number of hydrogen-bond donors (Lipinski definition) is 1. The quantitative estimate of drug-likeness (QED) is 0.498. The highest BCUT2D eigenvalue weighted by Gasteiger charge is 2.18. The van der Waals surface area contributed by atoms with Crippen molar-refractivity contribution in [3.05, 3.63) is 107 Å². The van der Waals surface area contributed by atoms with E-state index < -0.39 is 0 Å². The van der Waals surface area contributed by atoms with Gasteiger partial charge < -0.3 is 5.32 Å². The van der Waals surface area contributed by atoms with Crippen molar-refractivity contribution in [3.63, 3.8) is 0 Å². The van der Waals surface area contributed by atoms with Crippen LogP contribution in [-0.4, -0.2) is 15.7 Å². The fourth-order valence-corrected chi connectivity index (χ4v) is 3.20. The number of amides is 1. The Morgan fingerprint density at radius 2 is 1.48 bits per heavy atom. The Balaban J connectivity index is 1.68. The Morgan fingerprint density at radius 1 is 0.862 bits per heavy atom. The van der Waals surface area contributed by atoms with E-state index in [-0.39, 0.29) is 5.91 Å². The molecule has 0 unspecified atom stereocenters. The van der Waals surface area contributed by atoms with E-state index in [9.17, 15) is 4.79 Å². The van der Waals surface area contributed by atoms with Crippen LogP contribution < -0.4 is 5.32 Å². The molecular weight excluding hydrogens is 358 g/mol. The Labute approximate surface area is 170 Å². The molecule has 0 saturated heterocycles. The molecular formula is C25H23N3O. The number of hydrogen-bond acceptors (Lipinski definition) is 2. The first kappa shape index (κ1) is 18.7. The van der Waals surface area contributed by atoms with Crippen LogP contribution in [0.1, 0.15) is 27.0 Å². The van der Waals surface area contributed by atoms with Crippen LogP contribution in [0, 0.1) is 13.8 Å². The molecule has 1 N–H and O–H groups in total. The molecule has 1 aromatic heterocycles. The summed E-state index contributed by atoms with van der Waals surface area (Å²) in [6.07, 6.45) is 1.83. The molecule has 0 aliphatic carbocycles. The van der Waals surface area contributed by atoms with Gasteiger partial charge in [-0.2, -0.15) is 5.10 Å². The number of nitrogens with zero attached hydrogens (tertiary/aromatic N) is 2. The average Bonchev–Trinajstić information content (AvgIpc) is 3.15. The van der Waals surface area contributed by atoms with Crippen LogP contribution in [0.4, 0.5) is 5.69 Å². The van der Waals surface area contributed by atoms with Crippen molar-refractivity contribution in [2.75, 3.05) is 5.32 Å². The summed E-state index contributed by atoms with van der Waals surface area (Å²) >= 11 is 0. The van der Waals surface area contributed by atoms with Crippen molar-refractivity contribution in [3.8, 4) is 11.3 Å². The number of carbonyl (C=O) groups is 1. The van der Waals surface area contributed by atoms with Gasteiger partial charge in [0.2, 0.25) is 0 Å². The zero-order valence-corrected chi connectivity index (χ0v) is 16.6. The lowest BCUT2D eigenvalue weighted by molar-refractivity contribution is 0.102. The normalized spacial score (nSPS) is 10.7. The van der Waals surface area contributed by atoms with Crippen LogP contribution in [0.5, 0.6) is 0 Å². The minimum absolute atomic E-state index is 0.163. The third-order valence-electron chi connectivity index (χ3n) is 4.83. The van der Waals surface area contributed by atoms with Crippen LogP contribution >= 0.6 is 0 Å². The summed E-state index contributed by atoms with van der Waals surface area (Å²) in [7, 11) is 0. The van der Waals surface area contributed by atoms with Gasteiger partial charge in [0.15, 0.2) is 0 Å². The summed E-state index contributed by atoms with van der Waals surface area (Å²) in [5, 5.41) is 7.73. The van der Waals surface area contributed by atoms with Gasteiger partial charge in [-0.25, -0.2) is 0 Å². The summed E-state index contributed by atoms with van der Waals surface area (Å²) in [6, 6.07) is 26.0. The molecule has 0 spiro atoms. The molecule has 0 aliphatic rings. The third kappa shape index (κ3) is 4.43. The van der Waals surface area contributed by atoms with Gasteiger partial charge in [-0.3, -0.25) is 9.48 Å². The molecule has 144 valence electrons. The van der Waals surface area contributed by atoms with E-state index in [2.05, 4.69) is 17.4 Å². The Hall–Kier alpha value is -3.66. The molecule has 29 heavy (non-hydrogen) atoms. The van der Waals surface area contributed by atoms with Crippen LogP contribution in [-0.2, 0) is 6.54 Å². The van der Waals surface area contributed by atoms with Crippen LogP contribution in [0.15, 0.2) is 85.1 Å². The van der Waals surface area contributed by atoms with E-state index in [1.54, 1.807) is 0 Å². The summed E-state index contributed by atoms with van der Waals surface area (Å²) in [6.45, 7) is 4.68. The lowest BCUT2D eigenvalue weighted by Crippen LogP contribution is -2.12. The van der Waals surface area contributed by atoms with Gasteiger partial charge in [-0.15, -0.1) is 0 Å². The Kier molecular flexibility index (Phi) is 5.25. The second kappa shape index (κ2) is 8.15. The molecule has 4 aromatic rings. The standard InChI is InChI=1S/C25H23N3O/c1-18-8-12-21(13-9-18)24-23(25(29)26-22-14-10-19(2)11-15-22)17-28(27-24)16-20-6-4-3-5-7-20/h3-15,17H,16H2,1-2H3,(H,26,29). The minimum atomic E-state index is -0.163. The molecule has 4 heteroatoms. The molecule has 0 bridgehead atoms. The van der Waals surface area contributed by atoms with Crippen molar-refractivity contribution in [2.45, 2.75) is 20.4 Å². The number of nitrogens with one attached hydrogen (secondary N) is 1. The molecule has 0 radical (unpaired) electrons. The summed E-state index contributed by atoms with van der Waals surface area (Å²) in [5.41, 5.74) is 6.40. The lowest BCUT2D eigenvalue weighted by Gasteiger charge is -2.06. The predicted molar refractivity (Wildman–Crippen MR) is 117 cm³/mol. The fraction of sp³-hybridized carbons (Fsp3) is 0.120. The second-order valence-corrected chi connectivity index (χ2v) is 7.26. The maximum atomic E-state index is 13.1. The highest BCUT2D eigenvalue weighted by Crippen LogP contribution is 2.24. The highest BCUT2D eigenvalue weighted by atomic mass is 16.1. The topological polar surface area (TPSA) is 46.9 Å². The first-order valence-corrected chi connectivity index (χ1v) is 9.65. The second-order valence-electron chi connectivity index (χ2n) is 7.26. The number of aryl methyl sites for hydroxylation is 2. The highest BCUT2D eigenvalue weighted by molar-refractivity contribution is 6.08. The molecule has 4 rings (SSSR count). The molecule has 1 heterocycles. The SMILES string of the molecule is Cc1ccc(NC(=O)c2cn(Cc3ccccc3)nc2-c2ccc(C)cc2)cc1. The molecule has 0 saturated carbocycles. The molecule has 0 atom stereocenters. The van der Waals surface area contributed by atoms with E-state index >= 15 is 0 Å². The zero-order chi connectivity index (χ0) is 20.2. The van der Waals surface area contributed by atoms with Gasteiger partial charge in [-0.05, 0) is 31.5 Å². The summed E-state index contributed by atoms with van der Waals surface area (Å²) in [4.78, 5) is 13.1. The third-order valence-corrected chi connectivity index (χ3v) is 4.83. The first-order valence-electron chi connectivity index (χ1n) is 9.65. The number of rotatable bonds is 5. The lowest BCUT2D eigenvalue weighted by atomic mass is 10.1. The smallest absolute Gasteiger partial charge is 0.259 e. The van der Waals surface area contributed by atoms with Crippen molar-refractivity contribution >= 4 is 11.6 Å². The molecule has 0 fully saturated rings. The monoisotopic (exact) mass is 381 g/mol. The van der Waals surface area contributed by atoms with E-state index in [0.717, 1.165) is 22.4 Å². The number of anilines is 1. The minimum Gasteiger partial charge on any atom is -0.322 e. The molecule has 1 amide bonds. The Bertz CT molecular complexity index is 1110. The molecule has 3 aromatic carbocycles. The summed E-state index contributed by atoms with van der Waals surface area (Å²) < 4.78 is 1.83. The maximum absolute atomic E-state index is 13.1. The first-order chi connectivity index (χ1) is 14.1. The van der Waals surface area contributed by atoms with E-state index in [1.165, 1.54) is 5.56 Å². The van der Waals surface area contributed by atoms with Crippen molar-refractivity contribution in [2.24, 2.45) is 0 Å². The summed E-state index contributed by atoms with van der Waals surface area (Å²) in [5.74, 6) is -0.163. The van der Waals surface area contributed by atoms with E-state index in [1.807, 2.05) is 91.5 Å². The van der Waals surface area contributed by atoms with Crippen molar-refractivity contribution in [1.82, 2.24) is 9.78 Å². The van der Waals surface area contributed by atoms with E-state index in [0.29, 0.717) is 17.8 Å². The fourth-order valence-electron chi connectivity index (χ4n) is 3.20. The average molecular weight is 381 g/mol. The van der Waals surface area contributed by atoms with E-state index in [4.69, 9.17) is 5.10 Å².